The van der Waals surface area contributed by atoms with Gasteiger partial charge in [0.2, 0.25) is 11.9 Å². The fourth-order valence-electron chi connectivity index (χ4n) is 3.53. The first-order valence-corrected chi connectivity index (χ1v) is 10.4. The van der Waals surface area contributed by atoms with E-state index in [1.165, 1.54) is 0 Å². The molecule has 1 atom stereocenters. The summed E-state index contributed by atoms with van der Waals surface area (Å²) in [6, 6.07) is 7.02. The molecule has 1 aliphatic heterocycles. The number of carbonyl (C=O) groups is 2. The predicted molar refractivity (Wildman–Crippen MR) is 121 cm³/mol. The van der Waals surface area contributed by atoms with E-state index in [1.54, 1.807) is 12.4 Å². The number of hydrogen-bond acceptors (Lipinski definition) is 6. The van der Waals surface area contributed by atoms with Crippen molar-refractivity contribution in [3.8, 4) is 11.1 Å². The lowest BCUT2D eigenvalue weighted by Crippen LogP contribution is -2.44. The second-order valence-electron chi connectivity index (χ2n) is 7.47. The third-order valence-corrected chi connectivity index (χ3v) is 5.06. The Balaban J connectivity index is 1.63. The molecular formula is C21H28N8O3. The molecule has 1 aromatic carbocycles. The third-order valence-electron chi connectivity index (χ3n) is 5.06. The van der Waals surface area contributed by atoms with Crippen molar-refractivity contribution in [1.82, 2.24) is 20.6 Å². The monoisotopic (exact) mass is 440 g/mol. The van der Waals surface area contributed by atoms with Crippen LogP contribution in [0.3, 0.4) is 0 Å². The summed E-state index contributed by atoms with van der Waals surface area (Å²) in [5.41, 5.74) is 13.0. The van der Waals surface area contributed by atoms with Gasteiger partial charge in [0.15, 0.2) is 5.96 Å². The highest BCUT2D eigenvalue weighted by molar-refractivity contribution is 5.90. The molecule has 0 aliphatic carbocycles. The summed E-state index contributed by atoms with van der Waals surface area (Å²) in [6.07, 6.45) is 5.16. The van der Waals surface area contributed by atoms with E-state index in [1.807, 2.05) is 29.2 Å². The van der Waals surface area contributed by atoms with Crippen LogP contribution < -0.4 is 27.0 Å². The summed E-state index contributed by atoms with van der Waals surface area (Å²) in [6.45, 7) is 1.79. The number of piperidine rings is 1. The van der Waals surface area contributed by atoms with E-state index in [0.717, 1.165) is 36.1 Å². The Morgan fingerprint density at radius 2 is 1.97 bits per heavy atom. The number of anilines is 1. The van der Waals surface area contributed by atoms with Crippen molar-refractivity contribution >= 4 is 23.8 Å². The number of nitrogens with two attached hydrogens (primary N) is 2. The summed E-state index contributed by atoms with van der Waals surface area (Å²) >= 11 is 0. The molecular weight excluding hydrogens is 412 g/mol. The zero-order valence-corrected chi connectivity index (χ0v) is 17.7. The Morgan fingerprint density at radius 1 is 1.19 bits per heavy atom. The van der Waals surface area contributed by atoms with E-state index in [2.05, 4.69) is 25.6 Å². The predicted octanol–water partition coefficient (Wildman–Crippen LogP) is -0.0485. The molecule has 1 fully saturated rings. The topological polar surface area (TPSA) is 172 Å². The van der Waals surface area contributed by atoms with Gasteiger partial charge in [-0.15, -0.1) is 0 Å². The average Bonchev–Trinajstić information content (AvgIpc) is 2.81. The van der Waals surface area contributed by atoms with Gasteiger partial charge < -0.3 is 32.1 Å². The molecule has 7 N–H and O–H groups in total. The highest BCUT2D eigenvalue weighted by Gasteiger charge is 2.26. The fourth-order valence-corrected chi connectivity index (χ4v) is 3.53. The molecule has 3 rings (SSSR count). The number of nitrogens with zero attached hydrogens (tertiary/aromatic N) is 4. The van der Waals surface area contributed by atoms with Gasteiger partial charge in [0.1, 0.15) is 0 Å². The zero-order valence-electron chi connectivity index (χ0n) is 17.7. The van der Waals surface area contributed by atoms with E-state index in [-0.39, 0.29) is 37.5 Å². The molecule has 1 unspecified atom stereocenters. The highest BCUT2D eigenvalue weighted by atomic mass is 16.3. The molecule has 2 heterocycles. The molecule has 1 aliphatic rings. The van der Waals surface area contributed by atoms with Gasteiger partial charge in [-0.3, -0.25) is 4.79 Å². The van der Waals surface area contributed by atoms with Gasteiger partial charge in [-0.25, -0.2) is 14.8 Å². The summed E-state index contributed by atoms with van der Waals surface area (Å²) in [5, 5.41) is 14.2. The molecule has 0 bridgehead atoms. The first kappa shape index (κ1) is 22.9. The van der Waals surface area contributed by atoms with E-state index in [0.29, 0.717) is 12.5 Å². The number of aromatic nitrogens is 2. The van der Waals surface area contributed by atoms with Crippen molar-refractivity contribution in [2.75, 3.05) is 31.1 Å². The Bertz CT molecular complexity index is 960. The maximum Gasteiger partial charge on any atom is 0.344 e. The Labute approximate surface area is 185 Å². The van der Waals surface area contributed by atoms with Gasteiger partial charge in [-0.2, -0.15) is 4.99 Å². The van der Waals surface area contributed by atoms with Crippen molar-refractivity contribution in [3.05, 3.63) is 42.2 Å². The van der Waals surface area contributed by atoms with Gasteiger partial charge in [0, 0.05) is 44.1 Å². The lowest BCUT2D eigenvalue weighted by molar-refractivity contribution is -0.125. The Kier molecular flexibility index (Phi) is 7.92. The number of benzene rings is 1. The maximum atomic E-state index is 12.2. The van der Waals surface area contributed by atoms with Crippen LogP contribution in [-0.2, 0) is 11.3 Å². The highest BCUT2D eigenvalue weighted by Crippen LogP contribution is 2.23. The standard InChI is InChI=1S/C21H28N8O3/c22-19(23)28-21(32)27-10-14-3-1-4-15(9-14)17-11-25-20(26-12-17)29-7-2-5-16(13-29)18(31)24-6-8-30/h1,3-4,9,11-12,16,30H,2,5-8,10,13H2,(H,24,31)(H5,22,23,27,28,32). The summed E-state index contributed by atoms with van der Waals surface area (Å²) in [7, 11) is 0. The minimum atomic E-state index is -0.604. The van der Waals surface area contributed by atoms with Crippen LogP contribution in [0, 0.1) is 5.92 Å². The molecule has 3 amide bonds. The zero-order chi connectivity index (χ0) is 22.9. The molecule has 2 aromatic rings. The van der Waals surface area contributed by atoms with Gasteiger partial charge in [0.05, 0.1) is 12.5 Å². The van der Waals surface area contributed by atoms with Gasteiger partial charge in [-0.1, -0.05) is 18.2 Å². The van der Waals surface area contributed by atoms with Crippen LogP contribution in [-0.4, -0.2) is 59.2 Å². The largest absolute Gasteiger partial charge is 0.395 e. The average molecular weight is 441 g/mol. The van der Waals surface area contributed by atoms with Crippen molar-refractivity contribution in [2.24, 2.45) is 22.4 Å². The molecule has 0 radical (unpaired) electrons. The number of urea groups is 1. The number of aliphatic imine (C=N–C) groups is 1. The minimum absolute atomic E-state index is 0.0517. The third kappa shape index (κ3) is 6.38. The molecule has 32 heavy (non-hydrogen) atoms. The second-order valence-corrected chi connectivity index (χ2v) is 7.47. The van der Waals surface area contributed by atoms with Crippen molar-refractivity contribution in [1.29, 1.82) is 0 Å². The number of guanidine groups is 1. The van der Waals surface area contributed by atoms with Gasteiger partial charge >= 0.3 is 6.03 Å². The smallest absolute Gasteiger partial charge is 0.344 e. The first-order chi connectivity index (χ1) is 15.5. The minimum Gasteiger partial charge on any atom is -0.395 e. The maximum absolute atomic E-state index is 12.2. The number of hydrogen-bond donors (Lipinski definition) is 5. The molecule has 0 spiro atoms. The first-order valence-electron chi connectivity index (χ1n) is 10.4. The molecule has 11 heteroatoms. The van der Waals surface area contributed by atoms with Gasteiger partial charge in [0.25, 0.3) is 0 Å². The number of aliphatic hydroxyl groups excluding tert-OH is 1. The van der Waals surface area contributed by atoms with E-state index in [4.69, 9.17) is 16.6 Å². The van der Waals surface area contributed by atoms with Crippen LogP contribution >= 0.6 is 0 Å². The quantitative estimate of drug-likeness (QED) is 0.294. The van der Waals surface area contributed by atoms with Crippen LogP contribution in [0.25, 0.3) is 11.1 Å². The van der Waals surface area contributed by atoms with Crippen molar-refractivity contribution in [3.63, 3.8) is 0 Å². The van der Waals surface area contributed by atoms with Gasteiger partial charge in [-0.05, 0) is 30.0 Å². The Hall–Kier alpha value is -3.73. The summed E-state index contributed by atoms with van der Waals surface area (Å²) in [4.78, 5) is 38.2. The molecule has 0 saturated carbocycles. The fraction of sp³-hybridized carbons (Fsp3) is 0.381. The van der Waals surface area contributed by atoms with Crippen LogP contribution in [0.1, 0.15) is 18.4 Å². The van der Waals surface area contributed by atoms with Crippen LogP contribution in [0.5, 0.6) is 0 Å². The van der Waals surface area contributed by atoms with Crippen molar-refractivity contribution < 1.29 is 14.7 Å². The number of nitrogens with one attached hydrogen (secondary N) is 2. The summed E-state index contributed by atoms with van der Waals surface area (Å²) in [5.74, 6) is 0.0851. The molecule has 170 valence electrons. The lowest BCUT2D eigenvalue weighted by Gasteiger charge is -2.32. The van der Waals surface area contributed by atoms with E-state index < -0.39 is 6.03 Å². The van der Waals surface area contributed by atoms with E-state index >= 15 is 0 Å². The Morgan fingerprint density at radius 3 is 2.69 bits per heavy atom. The number of aliphatic hydroxyl groups is 1. The van der Waals surface area contributed by atoms with Crippen LogP contribution in [0.2, 0.25) is 0 Å². The second kappa shape index (κ2) is 11.0. The van der Waals surface area contributed by atoms with Crippen molar-refractivity contribution in [2.45, 2.75) is 19.4 Å². The SMILES string of the molecule is NC(N)=NC(=O)NCc1cccc(-c2cnc(N3CCCC(C(=O)NCCO)C3)nc2)c1. The number of amides is 3. The normalized spacial score (nSPS) is 15.7. The molecule has 1 aromatic heterocycles. The molecule has 11 nitrogen and oxygen atoms in total. The lowest BCUT2D eigenvalue weighted by atomic mass is 9.97. The van der Waals surface area contributed by atoms with Crippen LogP contribution in [0.4, 0.5) is 10.7 Å². The molecule has 1 saturated heterocycles. The van der Waals surface area contributed by atoms with E-state index in [9.17, 15) is 9.59 Å². The summed E-state index contributed by atoms with van der Waals surface area (Å²) < 4.78 is 0. The number of carbonyl (C=O) groups excluding carboxylic acids is 2. The number of rotatable bonds is 7. The van der Waals surface area contributed by atoms with Crippen LogP contribution in [0.15, 0.2) is 41.7 Å².